The van der Waals surface area contributed by atoms with Gasteiger partial charge in [-0.05, 0) is 28.2 Å². The van der Waals surface area contributed by atoms with Crippen molar-refractivity contribution in [3.05, 3.63) is 70.8 Å². The number of benzene rings is 2. The van der Waals surface area contributed by atoms with Gasteiger partial charge >= 0.3 is 5.97 Å². The van der Waals surface area contributed by atoms with Gasteiger partial charge in [0.15, 0.2) is 0 Å². The number of hydrogen-bond acceptors (Lipinski definition) is 3. The Bertz CT molecular complexity index is 911. The Morgan fingerprint density at radius 3 is 1.46 bits per heavy atom. The van der Waals surface area contributed by atoms with Gasteiger partial charge in [0.2, 0.25) is 11.8 Å². The lowest BCUT2D eigenvalue weighted by Gasteiger charge is -2.45. The molecule has 0 radical (unpaired) electrons. The Kier molecular flexibility index (Phi) is 3.54. The maximum Gasteiger partial charge on any atom is 0.327 e. The molecule has 28 heavy (non-hydrogen) atoms. The van der Waals surface area contributed by atoms with Crippen molar-refractivity contribution in [2.24, 2.45) is 17.8 Å². The van der Waals surface area contributed by atoms with E-state index in [1.165, 1.54) is 0 Å². The van der Waals surface area contributed by atoms with Gasteiger partial charge in [-0.1, -0.05) is 62.4 Å². The van der Waals surface area contributed by atoms with Crippen molar-refractivity contribution >= 4 is 17.8 Å². The summed E-state index contributed by atoms with van der Waals surface area (Å²) in [5.41, 5.74) is 4.36. The molecule has 3 unspecified atom stereocenters. The van der Waals surface area contributed by atoms with Crippen LogP contribution in [0, 0.1) is 17.8 Å². The number of carboxylic acid groups (broad SMARTS) is 1. The molecule has 2 aromatic carbocycles. The van der Waals surface area contributed by atoms with E-state index in [0.717, 1.165) is 27.2 Å². The summed E-state index contributed by atoms with van der Waals surface area (Å²) in [5.74, 6) is -3.61. The molecule has 2 aromatic rings. The normalized spacial score (nSPS) is 28.2. The summed E-state index contributed by atoms with van der Waals surface area (Å²) < 4.78 is 0. The van der Waals surface area contributed by atoms with Gasteiger partial charge in [0.25, 0.3) is 0 Å². The van der Waals surface area contributed by atoms with Gasteiger partial charge < -0.3 is 5.11 Å². The number of nitrogens with zero attached hydrogens (tertiary/aromatic N) is 1. The zero-order chi connectivity index (χ0) is 19.7. The number of likely N-dealkylation sites (tertiary alicyclic amines) is 1. The van der Waals surface area contributed by atoms with Crippen LogP contribution in [0.1, 0.15) is 47.9 Å². The molecule has 1 N–H and O–H groups in total. The van der Waals surface area contributed by atoms with Crippen LogP contribution in [0.4, 0.5) is 0 Å². The largest absolute Gasteiger partial charge is 0.480 e. The number of carbonyl (C=O) groups excluding carboxylic acids is 2. The van der Waals surface area contributed by atoms with Gasteiger partial charge in [0.1, 0.15) is 6.04 Å². The average Bonchev–Trinajstić information content (AvgIpc) is 2.93. The Labute approximate surface area is 163 Å². The summed E-state index contributed by atoms with van der Waals surface area (Å²) >= 11 is 0. The van der Waals surface area contributed by atoms with E-state index in [1.54, 1.807) is 13.8 Å². The molecule has 6 rings (SSSR count). The Morgan fingerprint density at radius 1 is 0.821 bits per heavy atom. The highest BCUT2D eigenvalue weighted by Gasteiger charge is 2.63. The number of carbonyl (C=O) groups is 3. The highest BCUT2D eigenvalue weighted by atomic mass is 16.4. The van der Waals surface area contributed by atoms with Crippen LogP contribution in [-0.4, -0.2) is 33.8 Å². The van der Waals surface area contributed by atoms with Crippen molar-refractivity contribution in [3.63, 3.8) is 0 Å². The van der Waals surface area contributed by atoms with Crippen LogP contribution in [0.2, 0.25) is 0 Å². The second kappa shape index (κ2) is 5.77. The first-order chi connectivity index (χ1) is 13.4. The lowest BCUT2D eigenvalue weighted by Crippen LogP contribution is -2.48. The molecule has 5 heteroatoms. The topological polar surface area (TPSA) is 74.7 Å². The van der Waals surface area contributed by atoms with E-state index in [-0.39, 0.29) is 29.6 Å². The van der Waals surface area contributed by atoms with E-state index < -0.39 is 23.8 Å². The van der Waals surface area contributed by atoms with E-state index in [0.29, 0.717) is 0 Å². The highest BCUT2D eigenvalue weighted by molar-refractivity contribution is 6.10. The molecular weight excluding hydrogens is 354 g/mol. The molecule has 5 nitrogen and oxygen atoms in total. The molecule has 1 saturated heterocycles. The Morgan fingerprint density at radius 2 is 1.18 bits per heavy atom. The van der Waals surface area contributed by atoms with Crippen LogP contribution in [-0.2, 0) is 14.4 Å². The fourth-order valence-electron chi connectivity index (χ4n) is 5.67. The zero-order valence-electron chi connectivity index (χ0n) is 15.7. The van der Waals surface area contributed by atoms with E-state index >= 15 is 0 Å². The summed E-state index contributed by atoms with van der Waals surface area (Å²) in [4.78, 5) is 39.9. The number of amides is 2. The molecule has 0 aromatic heterocycles. The second-order valence-electron chi connectivity index (χ2n) is 8.34. The third-order valence-corrected chi connectivity index (χ3v) is 6.65. The van der Waals surface area contributed by atoms with Gasteiger partial charge in [-0.2, -0.15) is 0 Å². The number of rotatable bonds is 3. The zero-order valence-corrected chi connectivity index (χ0v) is 15.7. The molecule has 0 saturated carbocycles. The maximum atomic E-state index is 13.5. The molecule has 1 fully saturated rings. The average molecular weight is 375 g/mol. The molecule has 3 aliphatic carbocycles. The highest BCUT2D eigenvalue weighted by Crippen LogP contribution is 2.61. The molecule has 1 heterocycles. The van der Waals surface area contributed by atoms with Crippen LogP contribution >= 0.6 is 0 Å². The van der Waals surface area contributed by atoms with E-state index in [2.05, 4.69) is 0 Å². The van der Waals surface area contributed by atoms with E-state index in [1.807, 2.05) is 48.5 Å². The van der Waals surface area contributed by atoms with Gasteiger partial charge in [0, 0.05) is 11.8 Å². The standard InChI is InChI=1S/C23H21NO4/c1-11(2)20(23(27)28)24-21(25)18-16-12-7-3-4-8-13(12)17(19(18)22(24)26)15-10-6-5-9-14(15)16/h3-11,16-20H,1-2H3,(H,27,28). The minimum absolute atomic E-state index is 0.203. The van der Waals surface area contributed by atoms with Gasteiger partial charge in [-0.15, -0.1) is 0 Å². The number of hydrogen-bond donors (Lipinski definition) is 1. The summed E-state index contributed by atoms with van der Waals surface area (Å²) in [7, 11) is 0. The molecule has 1 aliphatic heterocycles. The lowest BCUT2D eigenvalue weighted by molar-refractivity contribution is -0.157. The molecule has 2 bridgehead atoms. The third kappa shape index (κ3) is 1.99. The van der Waals surface area contributed by atoms with Gasteiger partial charge in [-0.25, -0.2) is 4.79 Å². The summed E-state index contributed by atoms with van der Waals surface area (Å²) in [6, 6.07) is 14.9. The first kappa shape index (κ1) is 17.2. The van der Waals surface area contributed by atoms with Crippen molar-refractivity contribution < 1.29 is 19.5 Å². The number of carboxylic acids is 1. The minimum Gasteiger partial charge on any atom is -0.480 e. The van der Waals surface area contributed by atoms with Gasteiger partial charge in [-0.3, -0.25) is 14.5 Å². The number of imide groups is 1. The SMILES string of the molecule is CC(C)C(C(=O)O)N1C(=O)C2C3c4ccccc4C(c4ccccc43)C2C1=O. The lowest BCUT2D eigenvalue weighted by atomic mass is 9.55. The number of aliphatic carboxylic acids is 1. The minimum atomic E-state index is -1.13. The second-order valence-corrected chi connectivity index (χ2v) is 8.34. The van der Waals surface area contributed by atoms with Crippen molar-refractivity contribution in [1.82, 2.24) is 4.90 Å². The molecular formula is C23H21NO4. The van der Waals surface area contributed by atoms with Crippen LogP contribution < -0.4 is 0 Å². The summed E-state index contributed by atoms with van der Waals surface area (Å²) in [5, 5.41) is 9.72. The molecule has 4 aliphatic rings. The molecule has 2 amide bonds. The summed E-state index contributed by atoms with van der Waals surface area (Å²) in [6.45, 7) is 3.47. The van der Waals surface area contributed by atoms with Crippen LogP contribution in [0.25, 0.3) is 0 Å². The Hall–Kier alpha value is -2.95. The van der Waals surface area contributed by atoms with Crippen molar-refractivity contribution in [1.29, 1.82) is 0 Å². The fraction of sp³-hybridized carbons (Fsp3) is 0.348. The maximum absolute atomic E-state index is 13.5. The molecule has 0 spiro atoms. The molecule has 142 valence electrons. The van der Waals surface area contributed by atoms with E-state index in [9.17, 15) is 19.5 Å². The molecule has 3 atom stereocenters. The van der Waals surface area contributed by atoms with Gasteiger partial charge in [0.05, 0.1) is 11.8 Å². The predicted octanol–water partition coefficient (Wildman–Crippen LogP) is 2.99. The first-order valence-corrected chi connectivity index (χ1v) is 9.70. The van der Waals surface area contributed by atoms with E-state index in [4.69, 9.17) is 0 Å². The smallest absolute Gasteiger partial charge is 0.327 e. The van der Waals surface area contributed by atoms with Crippen molar-refractivity contribution in [2.45, 2.75) is 31.7 Å². The summed E-state index contributed by atoms with van der Waals surface area (Å²) in [6.07, 6.45) is 0. The first-order valence-electron chi connectivity index (χ1n) is 9.70. The van der Waals surface area contributed by atoms with Crippen molar-refractivity contribution in [2.75, 3.05) is 0 Å². The third-order valence-electron chi connectivity index (χ3n) is 6.65. The van der Waals surface area contributed by atoms with Crippen molar-refractivity contribution in [3.8, 4) is 0 Å². The monoisotopic (exact) mass is 375 g/mol. The quantitative estimate of drug-likeness (QED) is 0.837. The van der Waals surface area contributed by atoms with Crippen LogP contribution in [0.3, 0.4) is 0 Å². The Balaban J connectivity index is 1.72. The van der Waals surface area contributed by atoms with Crippen LogP contribution in [0.15, 0.2) is 48.5 Å². The fourth-order valence-corrected chi connectivity index (χ4v) is 5.67. The predicted molar refractivity (Wildman–Crippen MR) is 102 cm³/mol. The van der Waals surface area contributed by atoms with Crippen LogP contribution in [0.5, 0.6) is 0 Å².